The summed E-state index contributed by atoms with van der Waals surface area (Å²) < 4.78 is 38.3. The summed E-state index contributed by atoms with van der Waals surface area (Å²) in [6.45, 7) is 0. The van der Waals surface area contributed by atoms with Crippen LogP contribution in [0.3, 0.4) is 0 Å². The molecule has 0 saturated heterocycles. The van der Waals surface area contributed by atoms with Crippen molar-refractivity contribution in [1.29, 1.82) is 0 Å². The summed E-state index contributed by atoms with van der Waals surface area (Å²) in [6, 6.07) is 26.8. The number of benzene rings is 2. The highest BCUT2D eigenvalue weighted by Crippen LogP contribution is 2.30. The van der Waals surface area contributed by atoms with Crippen molar-refractivity contribution in [1.82, 2.24) is 14.6 Å². The summed E-state index contributed by atoms with van der Waals surface area (Å²) >= 11 is 0. The third-order valence-corrected chi connectivity index (χ3v) is 4.90. The Morgan fingerprint density at radius 2 is 1.30 bits per heavy atom. The van der Waals surface area contributed by atoms with E-state index in [2.05, 4.69) is 86.7 Å². The lowest BCUT2D eigenvalue weighted by molar-refractivity contribution is -2.00. The molecule has 0 spiro atoms. The minimum Gasteiger partial charge on any atom is -0.288 e. The van der Waals surface area contributed by atoms with Gasteiger partial charge in [0.05, 0.1) is 6.20 Å². The van der Waals surface area contributed by atoms with Gasteiger partial charge in [0.1, 0.15) is 11.4 Å². The number of fused-ring (bicyclic) bond motifs is 3. The van der Waals surface area contributed by atoms with Crippen molar-refractivity contribution in [3.8, 4) is 22.5 Å². The number of hydrogen-bond donors (Lipinski definition) is 0. The van der Waals surface area contributed by atoms with Gasteiger partial charge in [0.2, 0.25) is 0 Å². The Hall–Kier alpha value is -3.60. The number of rotatable bonds is 3. The Balaban J connectivity index is 0.000000471. The van der Waals surface area contributed by atoms with E-state index in [1.54, 1.807) is 0 Å². The first kappa shape index (κ1) is 22.6. The maximum atomic E-state index is 8.49. The highest BCUT2D eigenvalue weighted by molar-refractivity contribution is 5.79. The molecule has 0 aliphatic rings. The van der Waals surface area contributed by atoms with E-state index in [-0.39, 0.29) is 0 Å². The number of nitrogens with zero attached hydrogens (tertiary/aromatic N) is 5. The molecule has 168 valence electrons. The van der Waals surface area contributed by atoms with E-state index >= 15 is 0 Å². The van der Waals surface area contributed by atoms with Gasteiger partial charge >= 0.3 is 5.95 Å². The average molecular weight is 466 g/mol. The molecule has 33 heavy (non-hydrogen) atoms. The predicted molar refractivity (Wildman–Crippen MR) is 111 cm³/mol. The van der Waals surface area contributed by atoms with Crippen molar-refractivity contribution >= 4 is 17.1 Å². The number of aromatic nitrogens is 4. The summed E-state index contributed by atoms with van der Waals surface area (Å²) in [5.74, 6) is 1.02. The van der Waals surface area contributed by atoms with Gasteiger partial charge in [-0.1, -0.05) is 71.8 Å². The molecule has 3 aromatic heterocycles. The summed E-state index contributed by atoms with van der Waals surface area (Å²) in [7, 11) is -0.836. The molecular formula is C23H20ClN5O4. The Bertz CT molecular complexity index is 1380. The minimum absolute atomic E-state index is 0.836. The highest BCUT2D eigenvalue weighted by Gasteiger charge is 2.28. The zero-order valence-corrected chi connectivity index (χ0v) is 18.6. The van der Waals surface area contributed by atoms with Crippen LogP contribution in [0.25, 0.3) is 33.7 Å². The van der Waals surface area contributed by atoms with Gasteiger partial charge in [0.25, 0.3) is 5.65 Å². The molecule has 5 aromatic rings. The van der Waals surface area contributed by atoms with E-state index < -0.39 is 10.2 Å². The molecule has 0 unspecified atom stereocenters. The monoisotopic (exact) mass is 465 g/mol. The van der Waals surface area contributed by atoms with Crippen LogP contribution >= 0.6 is 0 Å². The van der Waals surface area contributed by atoms with Crippen LogP contribution in [0.1, 0.15) is 0 Å². The lowest BCUT2D eigenvalue weighted by atomic mass is 10.0. The maximum Gasteiger partial charge on any atom is 0.329 e. The predicted octanol–water partition coefficient (Wildman–Crippen LogP) is -0.888. The number of anilines is 1. The summed E-state index contributed by atoms with van der Waals surface area (Å²) in [5.41, 5.74) is 5.90. The quantitative estimate of drug-likeness (QED) is 0.316. The molecule has 0 fully saturated rings. The van der Waals surface area contributed by atoms with Gasteiger partial charge in [-0.05, 0) is 17.2 Å². The van der Waals surface area contributed by atoms with Crippen LogP contribution in [0.4, 0.5) is 5.95 Å². The van der Waals surface area contributed by atoms with Crippen molar-refractivity contribution in [2.75, 3.05) is 19.0 Å². The van der Waals surface area contributed by atoms with Crippen molar-refractivity contribution < 1.29 is 33.3 Å². The zero-order valence-electron chi connectivity index (χ0n) is 17.8. The largest absolute Gasteiger partial charge is 0.329 e. The second-order valence-electron chi connectivity index (χ2n) is 7.32. The molecule has 0 aliphatic heterocycles. The lowest BCUT2D eigenvalue weighted by Crippen LogP contribution is -2.68. The van der Waals surface area contributed by atoms with Crippen LogP contribution < -0.4 is 27.9 Å². The van der Waals surface area contributed by atoms with Crippen molar-refractivity contribution in [3.05, 3.63) is 85.1 Å². The van der Waals surface area contributed by atoms with Crippen molar-refractivity contribution in [2.24, 2.45) is 0 Å². The first-order valence-corrected chi connectivity index (χ1v) is 11.1. The van der Waals surface area contributed by atoms with Gasteiger partial charge in [-0.25, -0.2) is 23.0 Å². The molecule has 0 N–H and O–H groups in total. The van der Waals surface area contributed by atoms with Crippen molar-refractivity contribution in [2.45, 2.75) is 0 Å². The fraction of sp³-hybridized carbons (Fsp3) is 0.0870. The third-order valence-electron chi connectivity index (χ3n) is 4.90. The Labute approximate surface area is 191 Å². The van der Waals surface area contributed by atoms with Gasteiger partial charge in [-0.3, -0.25) is 4.90 Å². The number of halogens is 1. The SMILES string of the molecule is CN(C)c1n2ccccc2c2nnc(-c3ccccc3)c(-c3ccccc3)[n+]12.[O-][Cl+3]([O-])([O-])[O-]. The van der Waals surface area contributed by atoms with E-state index in [1.807, 2.05) is 36.4 Å². The van der Waals surface area contributed by atoms with Crippen LogP contribution in [-0.2, 0) is 0 Å². The van der Waals surface area contributed by atoms with Gasteiger partial charge in [-0.2, -0.15) is 4.40 Å². The number of pyridine rings is 1. The van der Waals surface area contributed by atoms with E-state index in [0.717, 1.165) is 39.6 Å². The van der Waals surface area contributed by atoms with E-state index in [0.29, 0.717) is 0 Å². The summed E-state index contributed by atoms with van der Waals surface area (Å²) in [5, 5.41) is 9.31. The van der Waals surface area contributed by atoms with Crippen LogP contribution in [0.2, 0.25) is 0 Å². The molecule has 5 rings (SSSR count). The molecule has 2 aromatic carbocycles. The normalized spacial score (nSPS) is 11.3. The van der Waals surface area contributed by atoms with Crippen LogP contribution in [0.5, 0.6) is 0 Å². The van der Waals surface area contributed by atoms with E-state index in [9.17, 15) is 0 Å². The van der Waals surface area contributed by atoms with Gasteiger partial charge in [0, 0.05) is 25.2 Å². The molecule has 0 aliphatic carbocycles. The van der Waals surface area contributed by atoms with Crippen LogP contribution in [0.15, 0.2) is 85.1 Å². The highest BCUT2D eigenvalue weighted by atomic mass is 35.7. The molecule has 0 atom stereocenters. The molecular weight excluding hydrogens is 446 g/mol. The molecule has 0 bridgehead atoms. The second kappa shape index (κ2) is 9.10. The molecule has 10 heteroatoms. The Morgan fingerprint density at radius 1 is 0.758 bits per heavy atom. The van der Waals surface area contributed by atoms with Gasteiger partial charge in [0.15, 0.2) is 5.52 Å². The topological polar surface area (TPSA) is 130 Å². The third kappa shape index (κ3) is 4.77. The smallest absolute Gasteiger partial charge is 0.288 e. The first-order chi connectivity index (χ1) is 15.8. The fourth-order valence-corrected chi connectivity index (χ4v) is 3.74. The first-order valence-electron chi connectivity index (χ1n) is 9.87. The molecule has 0 radical (unpaired) electrons. The molecule has 0 amide bonds. The number of imidazole rings is 1. The molecule has 9 nitrogen and oxygen atoms in total. The fourth-order valence-electron chi connectivity index (χ4n) is 3.74. The Morgan fingerprint density at radius 3 is 1.88 bits per heavy atom. The van der Waals surface area contributed by atoms with Gasteiger partial charge in [-0.15, -0.1) is 10.2 Å². The van der Waals surface area contributed by atoms with Gasteiger partial charge < -0.3 is 0 Å². The molecule has 0 saturated carbocycles. The van der Waals surface area contributed by atoms with E-state index in [1.165, 1.54) is 0 Å². The summed E-state index contributed by atoms with van der Waals surface area (Å²) in [4.78, 5) is 2.11. The Kier molecular flexibility index (Phi) is 6.23. The van der Waals surface area contributed by atoms with Crippen molar-refractivity contribution in [3.63, 3.8) is 0 Å². The second-order valence-corrected chi connectivity index (χ2v) is 8.07. The zero-order chi connectivity index (χ0) is 23.6. The lowest BCUT2D eigenvalue weighted by Gasteiger charge is -2.17. The minimum atomic E-state index is -4.94. The van der Waals surface area contributed by atoms with E-state index in [4.69, 9.17) is 18.6 Å². The molecule has 3 heterocycles. The van der Waals surface area contributed by atoms with Crippen LogP contribution in [0, 0.1) is 10.2 Å². The van der Waals surface area contributed by atoms with Crippen LogP contribution in [-0.4, -0.2) is 28.7 Å². The average Bonchev–Trinajstić information content (AvgIpc) is 3.13. The maximum absolute atomic E-state index is 8.49. The number of hydrogen-bond acceptors (Lipinski definition) is 7. The summed E-state index contributed by atoms with van der Waals surface area (Å²) in [6.07, 6.45) is 2.07. The standard InChI is InChI=1S/C23H20N5.ClHO4/c1-26(2)23-27-16-10-9-15-19(27)22-25-24-20(17-11-5-3-6-12-17)21(28(22)23)18-13-7-4-8-14-18;2-1(3,4)5/h3-16H,1-2H3;(H,2,3,4,5)/q+1;/p-1.